The molecule has 0 spiro atoms. The summed E-state index contributed by atoms with van der Waals surface area (Å²) in [5.74, 6) is -3.58. The Balaban J connectivity index is 2.03. The molecular formula is C13H15NO7. The maximum atomic E-state index is 11.8. The SMILES string of the molecule is C=CC(=O)NCC(=O)OC1(OC=O)CCC2CC1OC2=O. The van der Waals surface area contributed by atoms with Crippen molar-refractivity contribution in [2.75, 3.05) is 6.54 Å². The fourth-order valence-electron chi connectivity index (χ4n) is 2.50. The quantitative estimate of drug-likeness (QED) is 0.302. The van der Waals surface area contributed by atoms with Crippen LogP contribution >= 0.6 is 0 Å². The summed E-state index contributed by atoms with van der Waals surface area (Å²) in [4.78, 5) is 45.0. The maximum Gasteiger partial charge on any atom is 0.328 e. The van der Waals surface area contributed by atoms with Crippen LogP contribution in [0.1, 0.15) is 19.3 Å². The van der Waals surface area contributed by atoms with Crippen molar-refractivity contribution in [2.45, 2.75) is 31.2 Å². The Morgan fingerprint density at radius 3 is 2.95 bits per heavy atom. The molecule has 1 N–H and O–H groups in total. The van der Waals surface area contributed by atoms with Crippen LogP contribution in [-0.4, -0.2) is 42.8 Å². The van der Waals surface area contributed by atoms with Gasteiger partial charge in [-0.3, -0.25) is 19.2 Å². The first-order chi connectivity index (χ1) is 10.0. The topological polar surface area (TPSA) is 108 Å². The molecule has 21 heavy (non-hydrogen) atoms. The lowest BCUT2D eigenvalue weighted by Gasteiger charge is -2.36. The maximum absolute atomic E-state index is 11.8. The molecule has 1 heterocycles. The van der Waals surface area contributed by atoms with Crippen molar-refractivity contribution in [3.63, 3.8) is 0 Å². The van der Waals surface area contributed by atoms with Crippen molar-refractivity contribution < 1.29 is 33.4 Å². The fraction of sp³-hybridized carbons (Fsp3) is 0.538. The average Bonchev–Trinajstić information content (AvgIpc) is 2.79. The number of carbonyl (C=O) groups is 4. The van der Waals surface area contributed by atoms with Gasteiger partial charge in [-0.1, -0.05) is 6.58 Å². The largest absolute Gasteiger partial charge is 0.454 e. The molecule has 0 aromatic rings. The lowest BCUT2D eigenvalue weighted by Crippen LogP contribution is -2.51. The Hall–Kier alpha value is -2.38. The molecule has 3 atom stereocenters. The van der Waals surface area contributed by atoms with E-state index in [1.807, 2.05) is 0 Å². The smallest absolute Gasteiger partial charge is 0.328 e. The third-order valence-electron chi connectivity index (χ3n) is 3.55. The van der Waals surface area contributed by atoms with E-state index >= 15 is 0 Å². The molecule has 2 fully saturated rings. The number of esters is 2. The monoisotopic (exact) mass is 297 g/mol. The number of hydrogen-bond acceptors (Lipinski definition) is 7. The van der Waals surface area contributed by atoms with Crippen LogP contribution < -0.4 is 5.32 Å². The van der Waals surface area contributed by atoms with Gasteiger partial charge in [0.05, 0.1) is 5.92 Å². The zero-order chi connectivity index (χ0) is 15.5. The van der Waals surface area contributed by atoms with E-state index in [1.54, 1.807) is 0 Å². The Labute approximate surface area is 120 Å². The predicted octanol–water partition coefficient (Wildman–Crippen LogP) is -0.573. The second kappa shape index (κ2) is 5.94. The molecule has 114 valence electrons. The number of rotatable bonds is 6. The van der Waals surface area contributed by atoms with Gasteiger partial charge in [0.15, 0.2) is 6.10 Å². The first kappa shape index (κ1) is 15.0. The molecule has 8 nitrogen and oxygen atoms in total. The van der Waals surface area contributed by atoms with Crippen LogP contribution in [0.2, 0.25) is 0 Å². The second-order valence-corrected chi connectivity index (χ2v) is 4.82. The van der Waals surface area contributed by atoms with Gasteiger partial charge in [-0.25, -0.2) is 0 Å². The fourth-order valence-corrected chi connectivity index (χ4v) is 2.50. The molecule has 0 radical (unpaired) electrons. The van der Waals surface area contributed by atoms with Gasteiger partial charge in [-0.2, -0.15) is 0 Å². The zero-order valence-corrected chi connectivity index (χ0v) is 11.2. The minimum Gasteiger partial charge on any atom is -0.454 e. The number of hydrogen-bond donors (Lipinski definition) is 1. The molecule has 0 aromatic carbocycles. The summed E-state index contributed by atoms with van der Waals surface area (Å²) in [5.41, 5.74) is 0. The van der Waals surface area contributed by atoms with Crippen LogP contribution in [0, 0.1) is 5.92 Å². The molecular weight excluding hydrogens is 282 g/mol. The highest BCUT2D eigenvalue weighted by Crippen LogP contribution is 2.43. The molecule has 2 aliphatic rings. The summed E-state index contributed by atoms with van der Waals surface area (Å²) in [6.45, 7) is 2.99. The normalized spacial score (nSPS) is 30.0. The molecule has 3 unspecified atom stereocenters. The van der Waals surface area contributed by atoms with Crippen LogP contribution in [-0.2, 0) is 33.4 Å². The summed E-state index contributed by atoms with van der Waals surface area (Å²) in [5, 5.41) is 2.25. The summed E-state index contributed by atoms with van der Waals surface area (Å²) in [6.07, 6.45) is 1.10. The average molecular weight is 297 g/mol. The first-order valence-corrected chi connectivity index (χ1v) is 6.45. The number of fused-ring (bicyclic) bond motifs is 2. The van der Waals surface area contributed by atoms with Crippen molar-refractivity contribution in [2.24, 2.45) is 5.92 Å². The highest BCUT2D eigenvalue weighted by atomic mass is 16.7. The van der Waals surface area contributed by atoms with E-state index < -0.39 is 30.3 Å². The Kier molecular flexibility index (Phi) is 4.25. The Bertz CT molecular complexity index is 489. The highest BCUT2D eigenvalue weighted by Gasteiger charge is 2.57. The number of amides is 1. The summed E-state index contributed by atoms with van der Waals surface area (Å²) < 4.78 is 15.2. The molecule has 2 bridgehead atoms. The number of nitrogens with one attached hydrogen (secondary N) is 1. The third kappa shape index (κ3) is 3.04. The molecule has 1 saturated carbocycles. The first-order valence-electron chi connectivity index (χ1n) is 6.45. The van der Waals surface area contributed by atoms with E-state index in [2.05, 4.69) is 11.9 Å². The second-order valence-electron chi connectivity index (χ2n) is 4.82. The van der Waals surface area contributed by atoms with Crippen LogP contribution in [0.3, 0.4) is 0 Å². The van der Waals surface area contributed by atoms with Crippen molar-refractivity contribution in [1.82, 2.24) is 5.32 Å². The molecule has 2 rings (SSSR count). The molecule has 1 aliphatic heterocycles. The third-order valence-corrected chi connectivity index (χ3v) is 3.55. The van der Waals surface area contributed by atoms with Gasteiger partial charge in [-0.05, 0) is 12.5 Å². The van der Waals surface area contributed by atoms with E-state index in [0.717, 1.165) is 6.08 Å². The van der Waals surface area contributed by atoms with E-state index in [1.165, 1.54) is 0 Å². The van der Waals surface area contributed by atoms with Crippen LogP contribution in [0.5, 0.6) is 0 Å². The van der Waals surface area contributed by atoms with Gasteiger partial charge in [0.25, 0.3) is 12.3 Å². The van der Waals surface area contributed by atoms with E-state index in [9.17, 15) is 19.2 Å². The summed E-state index contributed by atoms with van der Waals surface area (Å²) >= 11 is 0. The van der Waals surface area contributed by atoms with Crippen LogP contribution in [0.25, 0.3) is 0 Å². The van der Waals surface area contributed by atoms with Crippen LogP contribution in [0.15, 0.2) is 12.7 Å². The molecule has 1 amide bonds. The Morgan fingerprint density at radius 1 is 1.52 bits per heavy atom. The molecule has 8 heteroatoms. The lowest BCUT2D eigenvalue weighted by molar-refractivity contribution is -0.258. The summed E-state index contributed by atoms with van der Waals surface area (Å²) in [6, 6.07) is 0. The van der Waals surface area contributed by atoms with E-state index in [4.69, 9.17) is 14.2 Å². The van der Waals surface area contributed by atoms with Crippen LogP contribution in [0.4, 0.5) is 0 Å². The zero-order valence-electron chi connectivity index (χ0n) is 11.2. The number of ether oxygens (including phenoxy) is 3. The molecule has 0 aromatic heterocycles. The minimum atomic E-state index is -1.61. The van der Waals surface area contributed by atoms with Gasteiger partial charge in [0.2, 0.25) is 5.91 Å². The van der Waals surface area contributed by atoms with E-state index in [-0.39, 0.29) is 24.8 Å². The van der Waals surface area contributed by atoms with E-state index in [0.29, 0.717) is 12.8 Å². The minimum absolute atomic E-state index is 0.155. The lowest BCUT2D eigenvalue weighted by atomic mass is 9.85. The van der Waals surface area contributed by atoms with Gasteiger partial charge >= 0.3 is 11.9 Å². The highest BCUT2D eigenvalue weighted by molar-refractivity contribution is 5.89. The van der Waals surface area contributed by atoms with Crippen molar-refractivity contribution in [3.8, 4) is 0 Å². The van der Waals surface area contributed by atoms with Gasteiger partial charge in [-0.15, -0.1) is 0 Å². The van der Waals surface area contributed by atoms with Crippen molar-refractivity contribution in [3.05, 3.63) is 12.7 Å². The van der Waals surface area contributed by atoms with Gasteiger partial charge in [0.1, 0.15) is 6.54 Å². The predicted molar refractivity (Wildman–Crippen MR) is 66.4 cm³/mol. The molecule has 1 aliphatic carbocycles. The van der Waals surface area contributed by atoms with Crippen molar-refractivity contribution >= 4 is 24.3 Å². The Morgan fingerprint density at radius 2 is 2.29 bits per heavy atom. The van der Waals surface area contributed by atoms with Gasteiger partial charge in [0, 0.05) is 12.8 Å². The standard InChI is InChI=1S/C13H15NO7/c1-2-10(16)14-6-11(17)21-13(19-7-15)4-3-8-5-9(13)20-12(8)18/h2,7-9H,1,3-6H2,(H,14,16). The summed E-state index contributed by atoms with van der Waals surface area (Å²) in [7, 11) is 0. The number of carbonyl (C=O) groups excluding carboxylic acids is 4. The molecule has 1 saturated heterocycles. The van der Waals surface area contributed by atoms with Gasteiger partial charge < -0.3 is 19.5 Å². The van der Waals surface area contributed by atoms with Crippen molar-refractivity contribution in [1.29, 1.82) is 0 Å².